The fourth-order valence-electron chi connectivity index (χ4n) is 4.82. The highest BCUT2D eigenvalue weighted by Crippen LogP contribution is 2.39. The van der Waals surface area contributed by atoms with Crippen LogP contribution in [0.4, 0.5) is 14.0 Å². The van der Waals surface area contributed by atoms with Crippen molar-refractivity contribution in [1.29, 1.82) is 0 Å². The van der Waals surface area contributed by atoms with Crippen LogP contribution in [0.2, 0.25) is 0 Å². The summed E-state index contributed by atoms with van der Waals surface area (Å²) in [7, 11) is 1.46. The van der Waals surface area contributed by atoms with Crippen LogP contribution in [0.15, 0.2) is 42.6 Å². The second-order valence-electron chi connectivity index (χ2n) is 11.1. The smallest absolute Gasteiger partial charge is 0.415 e. The predicted octanol–water partition coefficient (Wildman–Crippen LogP) is 6.40. The molecule has 0 radical (unpaired) electrons. The highest BCUT2D eigenvalue weighted by atomic mass is 19.1. The Morgan fingerprint density at radius 3 is 2.49 bits per heavy atom. The van der Waals surface area contributed by atoms with E-state index in [1.54, 1.807) is 52.4 Å². The first-order valence-electron chi connectivity index (χ1n) is 13.3. The zero-order valence-corrected chi connectivity index (χ0v) is 23.9. The van der Waals surface area contributed by atoms with Gasteiger partial charge in [0.25, 0.3) is 0 Å². The van der Waals surface area contributed by atoms with E-state index in [1.807, 2.05) is 34.6 Å². The molecule has 5 rings (SSSR count). The van der Waals surface area contributed by atoms with Gasteiger partial charge in [0, 0.05) is 53.9 Å². The number of carbonyl (C=O) groups is 2. The number of amides is 2. The summed E-state index contributed by atoms with van der Waals surface area (Å²) >= 11 is 0. The molecule has 0 spiro atoms. The van der Waals surface area contributed by atoms with Crippen LogP contribution in [0, 0.1) is 12.7 Å². The number of aromatic amines is 1. The Bertz CT molecular complexity index is 1630. The lowest BCUT2D eigenvalue weighted by molar-refractivity contribution is 0.00782. The molecule has 3 heterocycles. The van der Waals surface area contributed by atoms with Crippen LogP contribution in [0.25, 0.3) is 21.8 Å². The van der Waals surface area contributed by atoms with E-state index in [4.69, 9.17) is 18.9 Å². The summed E-state index contributed by atoms with van der Waals surface area (Å²) in [5.74, 6) is 0.346. The van der Waals surface area contributed by atoms with Crippen LogP contribution in [-0.2, 0) is 4.74 Å². The molecule has 1 N–H and O–H groups in total. The van der Waals surface area contributed by atoms with E-state index in [0.29, 0.717) is 46.4 Å². The largest absolute Gasteiger partial charge is 0.493 e. The molecule has 41 heavy (non-hydrogen) atoms. The minimum atomic E-state index is -0.611. The van der Waals surface area contributed by atoms with Gasteiger partial charge in [-0.3, -0.25) is 4.98 Å². The van der Waals surface area contributed by atoms with Gasteiger partial charge in [-0.2, -0.15) is 0 Å². The quantitative estimate of drug-likeness (QED) is 0.306. The van der Waals surface area contributed by atoms with Gasteiger partial charge in [-0.05, 0) is 65.0 Å². The average molecular weight is 565 g/mol. The Morgan fingerprint density at radius 2 is 1.78 bits per heavy atom. The normalized spacial score (nSPS) is 15.7. The Balaban J connectivity index is 1.38. The SMILES string of the molecule is COc1cc2nccc(Oc3ccc4[nH]c(C)cc4c3F)c2cc1OC(=O)N1CCN(C(=O)OC(C)(C)C)C[C@H]1C. The minimum Gasteiger partial charge on any atom is -0.493 e. The van der Waals surface area contributed by atoms with E-state index in [-0.39, 0.29) is 24.1 Å². The van der Waals surface area contributed by atoms with E-state index in [1.165, 1.54) is 7.11 Å². The van der Waals surface area contributed by atoms with Crippen molar-refractivity contribution in [3.63, 3.8) is 0 Å². The molecule has 1 fully saturated rings. The summed E-state index contributed by atoms with van der Waals surface area (Å²) in [4.78, 5) is 36.4. The van der Waals surface area contributed by atoms with Crippen molar-refractivity contribution in [3.8, 4) is 23.0 Å². The first kappa shape index (κ1) is 28.0. The van der Waals surface area contributed by atoms with Crippen molar-refractivity contribution < 1.29 is 32.9 Å². The number of ether oxygens (including phenoxy) is 4. The lowest BCUT2D eigenvalue weighted by atomic mass is 10.1. The van der Waals surface area contributed by atoms with Gasteiger partial charge in [0.05, 0.1) is 18.7 Å². The van der Waals surface area contributed by atoms with Crippen molar-refractivity contribution in [2.75, 3.05) is 26.7 Å². The molecule has 10 nitrogen and oxygen atoms in total. The molecule has 4 aromatic rings. The molecule has 1 saturated heterocycles. The van der Waals surface area contributed by atoms with Crippen molar-refractivity contribution in [1.82, 2.24) is 19.8 Å². The fraction of sp³-hybridized carbons (Fsp3) is 0.367. The molecule has 0 bridgehead atoms. The molecular formula is C30H33FN4O6. The van der Waals surface area contributed by atoms with Gasteiger partial charge in [-0.15, -0.1) is 0 Å². The summed E-state index contributed by atoms with van der Waals surface area (Å²) in [6.07, 6.45) is 0.534. The Labute approximate surface area is 236 Å². The molecule has 11 heteroatoms. The number of nitrogens with one attached hydrogen (secondary N) is 1. The third-order valence-electron chi connectivity index (χ3n) is 6.75. The van der Waals surface area contributed by atoms with E-state index in [9.17, 15) is 9.59 Å². The van der Waals surface area contributed by atoms with E-state index < -0.39 is 23.6 Å². The van der Waals surface area contributed by atoms with Gasteiger partial charge in [0.1, 0.15) is 11.4 Å². The maximum absolute atomic E-state index is 15.3. The lowest BCUT2D eigenvalue weighted by Crippen LogP contribution is -2.56. The van der Waals surface area contributed by atoms with Crippen LogP contribution >= 0.6 is 0 Å². The lowest BCUT2D eigenvalue weighted by Gasteiger charge is -2.39. The minimum absolute atomic E-state index is 0.0510. The molecule has 1 atom stereocenters. The van der Waals surface area contributed by atoms with E-state index >= 15 is 4.39 Å². The van der Waals surface area contributed by atoms with Crippen molar-refractivity contribution in [3.05, 3.63) is 54.1 Å². The standard InChI is InChI=1S/C30H33FN4O6/c1-17-13-20-21(33-17)7-8-24(27(20)31)39-23-9-10-32-22-15-25(38-6)26(14-19(22)23)40-29(37)35-12-11-34(16-18(35)2)28(36)41-30(3,4)5/h7-10,13-15,18,33H,11-12,16H2,1-6H3/t18-/m1/s1. The maximum Gasteiger partial charge on any atom is 0.415 e. The van der Waals surface area contributed by atoms with Crippen LogP contribution in [0.3, 0.4) is 0 Å². The zero-order chi connectivity index (χ0) is 29.5. The number of nitrogens with zero attached hydrogens (tertiary/aromatic N) is 3. The van der Waals surface area contributed by atoms with Crippen LogP contribution < -0.4 is 14.2 Å². The number of aromatic nitrogens is 2. The molecular weight excluding hydrogens is 531 g/mol. The number of halogens is 1. The van der Waals surface area contributed by atoms with E-state index in [0.717, 1.165) is 5.69 Å². The number of aryl methyl sites for hydroxylation is 1. The number of fused-ring (bicyclic) bond motifs is 2. The topological polar surface area (TPSA) is 106 Å². The number of piperazine rings is 1. The third-order valence-corrected chi connectivity index (χ3v) is 6.75. The van der Waals surface area contributed by atoms with Gasteiger partial charge >= 0.3 is 12.2 Å². The predicted molar refractivity (Wildman–Crippen MR) is 151 cm³/mol. The monoisotopic (exact) mass is 564 g/mol. The van der Waals surface area contributed by atoms with Crippen molar-refractivity contribution >= 4 is 34.0 Å². The van der Waals surface area contributed by atoms with Crippen LogP contribution in [0.5, 0.6) is 23.0 Å². The van der Waals surface area contributed by atoms with Crippen LogP contribution in [-0.4, -0.2) is 70.3 Å². The second-order valence-corrected chi connectivity index (χ2v) is 11.1. The summed E-state index contributed by atoms with van der Waals surface area (Å²) in [6, 6.07) is 9.55. The molecule has 2 aromatic heterocycles. The van der Waals surface area contributed by atoms with Crippen LogP contribution in [0.1, 0.15) is 33.4 Å². The van der Waals surface area contributed by atoms with Gasteiger partial charge < -0.3 is 33.7 Å². The van der Waals surface area contributed by atoms with Gasteiger partial charge in [0.15, 0.2) is 23.1 Å². The number of carbonyl (C=O) groups excluding carboxylic acids is 2. The average Bonchev–Trinajstić information content (AvgIpc) is 3.30. The summed E-state index contributed by atoms with van der Waals surface area (Å²) in [6.45, 7) is 10.00. The van der Waals surface area contributed by atoms with Gasteiger partial charge in [-0.25, -0.2) is 14.0 Å². The highest BCUT2D eigenvalue weighted by molar-refractivity contribution is 5.90. The maximum atomic E-state index is 15.3. The zero-order valence-electron chi connectivity index (χ0n) is 23.9. The number of H-pyrrole nitrogens is 1. The highest BCUT2D eigenvalue weighted by Gasteiger charge is 2.33. The second kappa shape index (κ2) is 10.8. The molecule has 0 unspecified atom stereocenters. The number of benzene rings is 2. The summed E-state index contributed by atoms with van der Waals surface area (Å²) in [5.41, 5.74) is 1.41. The first-order valence-corrected chi connectivity index (χ1v) is 13.3. The Morgan fingerprint density at radius 1 is 1.00 bits per heavy atom. The summed E-state index contributed by atoms with van der Waals surface area (Å²) in [5, 5.41) is 0.930. The molecule has 2 aromatic carbocycles. The molecule has 216 valence electrons. The molecule has 0 aliphatic carbocycles. The van der Waals surface area contributed by atoms with Crippen molar-refractivity contribution in [2.24, 2.45) is 0 Å². The fourth-order valence-corrected chi connectivity index (χ4v) is 4.82. The van der Waals surface area contributed by atoms with Gasteiger partial charge in [0.2, 0.25) is 0 Å². The Hall–Kier alpha value is -4.54. The number of hydrogen-bond donors (Lipinski definition) is 1. The summed E-state index contributed by atoms with van der Waals surface area (Å²) < 4.78 is 38.0. The number of pyridine rings is 1. The van der Waals surface area contributed by atoms with Gasteiger partial charge in [-0.1, -0.05) is 0 Å². The molecule has 2 amide bonds. The third kappa shape index (κ3) is 5.84. The first-order chi connectivity index (χ1) is 19.4. The van der Waals surface area contributed by atoms with E-state index in [2.05, 4.69) is 9.97 Å². The van der Waals surface area contributed by atoms with Crippen molar-refractivity contribution in [2.45, 2.75) is 46.3 Å². The molecule has 1 aliphatic heterocycles. The number of rotatable bonds is 4. The molecule has 0 saturated carbocycles. The Kier molecular flexibility index (Phi) is 7.37. The molecule has 1 aliphatic rings. The number of hydrogen-bond acceptors (Lipinski definition) is 7. The number of methoxy groups -OCH3 is 1.